The highest BCUT2D eigenvalue weighted by Gasteiger charge is 2.15. The second-order valence-corrected chi connectivity index (χ2v) is 4.54. The van der Waals surface area contributed by atoms with Crippen molar-refractivity contribution in [1.29, 1.82) is 0 Å². The third-order valence-corrected chi connectivity index (χ3v) is 2.72. The smallest absolute Gasteiger partial charge is 0.323 e. The fraction of sp³-hybridized carbons (Fsp3) is 0.385. The van der Waals surface area contributed by atoms with Crippen LogP contribution in [0.4, 0.5) is 4.79 Å². The first-order valence-electron chi connectivity index (χ1n) is 6.02. The van der Waals surface area contributed by atoms with Gasteiger partial charge in [-0.2, -0.15) is 0 Å². The van der Waals surface area contributed by atoms with Crippen LogP contribution in [0.2, 0.25) is 5.02 Å². The minimum absolute atomic E-state index is 0.291. The van der Waals surface area contributed by atoms with Gasteiger partial charge in [-0.3, -0.25) is 4.79 Å². The molecule has 1 rings (SSSR count). The van der Waals surface area contributed by atoms with Crippen molar-refractivity contribution in [3.05, 3.63) is 34.9 Å². The van der Waals surface area contributed by atoms with E-state index in [1.54, 1.807) is 12.1 Å². The third-order valence-electron chi connectivity index (χ3n) is 2.46. The molecule has 0 fully saturated rings. The maximum Gasteiger partial charge on any atom is 0.323 e. The first-order chi connectivity index (χ1) is 9.02. The lowest BCUT2D eigenvalue weighted by atomic mass is 10.2. The molecule has 0 saturated heterocycles. The molecule has 104 valence electrons. The molecule has 5 nitrogen and oxygen atoms in total. The summed E-state index contributed by atoms with van der Waals surface area (Å²) in [6, 6.07) is 6.72. The summed E-state index contributed by atoms with van der Waals surface area (Å²) in [7, 11) is 0. The van der Waals surface area contributed by atoms with Crippen molar-refractivity contribution in [2.24, 2.45) is 0 Å². The SMILES string of the molecule is CCCN(CC(=O)O)C(=O)NCc1ccc(Cl)cc1. The highest BCUT2D eigenvalue weighted by atomic mass is 35.5. The van der Waals surface area contributed by atoms with Gasteiger partial charge in [-0.1, -0.05) is 30.7 Å². The van der Waals surface area contributed by atoms with Gasteiger partial charge in [0.15, 0.2) is 0 Å². The van der Waals surface area contributed by atoms with Crippen LogP contribution in [0.3, 0.4) is 0 Å². The summed E-state index contributed by atoms with van der Waals surface area (Å²) in [5.74, 6) is -1.02. The molecule has 0 spiro atoms. The number of urea groups is 1. The van der Waals surface area contributed by atoms with Crippen LogP contribution in [0, 0.1) is 0 Å². The van der Waals surface area contributed by atoms with Gasteiger partial charge in [-0.05, 0) is 24.1 Å². The van der Waals surface area contributed by atoms with E-state index in [1.165, 1.54) is 4.90 Å². The number of nitrogens with zero attached hydrogens (tertiary/aromatic N) is 1. The van der Waals surface area contributed by atoms with E-state index in [2.05, 4.69) is 5.32 Å². The number of amides is 2. The number of halogens is 1. The van der Waals surface area contributed by atoms with Crippen molar-refractivity contribution in [2.45, 2.75) is 19.9 Å². The summed E-state index contributed by atoms with van der Waals surface area (Å²) >= 11 is 5.76. The van der Waals surface area contributed by atoms with Crippen LogP contribution in [-0.2, 0) is 11.3 Å². The Labute approximate surface area is 117 Å². The van der Waals surface area contributed by atoms with E-state index in [1.807, 2.05) is 19.1 Å². The van der Waals surface area contributed by atoms with E-state index in [0.717, 1.165) is 5.56 Å². The van der Waals surface area contributed by atoms with Gasteiger partial charge < -0.3 is 15.3 Å². The van der Waals surface area contributed by atoms with Gasteiger partial charge in [0.05, 0.1) is 0 Å². The number of carbonyl (C=O) groups is 2. The van der Waals surface area contributed by atoms with Crippen LogP contribution < -0.4 is 5.32 Å². The van der Waals surface area contributed by atoms with E-state index in [-0.39, 0.29) is 12.6 Å². The number of benzene rings is 1. The van der Waals surface area contributed by atoms with Gasteiger partial charge in [-0.25, -0.2) is 4.79 Å². The number of nitrogens with one attached hydrogen (secondary N) is 1. The molecule has 0 heterocycles. The summed E-state index contributed by atoms with van der Waals surface area (Å²) in [6.07, 6.45) is 0.710. The lowest BCUT2D eigenvalue weighted by Crippen LogP contribution is -2.42. The molecule has 0 saturated carbocycles. The van der Waals surface area contributed by atoms with Gasteiger partial charge in [0.2, 0.25) is 0 Å². The molecule has 6 heteroatoms. The molecule has 0 aliphatic rings. The molecule has 0 radical (unpaired) electrons. The molecule has 0 unspecified atom stereocenters. The molecule has 19 heavy (non-hydrogen) atoms. The van der Waals surface area contributed by atoms with E-state index < -0.39 is 5.97 Å². The van der Waals surface area contributed by atoms with Crippen molar-refractivity contribution >= 4 is 23.6 Å². The Bertz CT molecular complexity index is 434. The highest BCUT2D eigenvalue weighted by Crippen LogP contribution is 2.09. The summed E-state index contributed by atoms with van der Waals surface area (Å²) < 4.78 is 0. The second kappa shape index (κ2) is 7.63. The fourth-order valence-corrected chi connectivity index (χ4v) is 1.70. The monoisotopic (exact) mass is 284 g/mol. The molecule has 1 aromatic carbocycles. The Morgan fingerprint density at radius 3 is 2.47 bits per heavy atom. The number of hydrogen-bond donors (Lipinski definition) is 2. The fourth-order valence-electron chi connectivity index (χ4n) is 1.58. The molecule has 2 N–H and O–H groups in total. The number of carbonyl (C=O) groups excluding carboxylic acids is 1. The lowest BCUT2D eigenvalue weighted by molar-refractivity contribution is -0.137. The molecule has 0 aliphatic heterocycles. The number of hydrogen-bond acceptors (Lipinski definition) is 2. The maximum absolute atomic E-state index is 11.8. The molecule has 0 bridgehead atoms. The van der Waals surface area contributed by atoms with Gasteiger partial charge in [-0.15, -0.1) is 0 Å². The zero-order chi connectivity index (χ0) is 14.3. The van der Waals surface area contributed by atoms with Crippen molar-refractivity contribution < 1.29 is 14.7 Å². The summed E-state index contributed by atoms with van der Waals surface area (Å²) in [5.41, 5.74) is 0.907. The van der Waals surface area contributed by atoms with Crippen molar-refractivity contribution in [3.63, 3.8) is 0 Å². The van der Waals surface area contributed by atoms with Crippen LogP contribution >= 0.6 is 11.6 Å². The Balaban J connectivity index is 2.51. The van der Waals surface area contributed by atoms with Crippen molar-refractivity contribution in [3.8, 4) is 0 Å². The van der Waals surface area contributed by atoms with E-state index in [4.69, 9.17) is 16.7 Å². The van der Waals surface area contributed by atoms with E-state index in [9.17, 15) is 9.59 Å². The highest BCUT2D eigenvalue weighted by molar-refractivity contribution is 6.30. The second-order valence-electron chi connectivity index (χ2n) is 4.10. The zero-order valence-corrected chi connectivity index (χ0v) is 11.5. The molecular weight excluding hydrogens is 268 g/mol. The largest absolute Gasteiger partial charge is 0.480 e. The molecule has 0 aromatic heterocycles. The predicted molar refractivity (Wildman–Crippen MR) is 73.2 cm³/mol. The lowest BCUT2D eigenvalue weighted by Gasteiger charge is -2.20. The Morgan fingerprint density at radius 1 is 1.32 bits per heavy atom. The standard InChI is InChI=1S/C13H17ClN2O3/c1-2-7-16(9-12(17)18)13(19)15-8-10-3-5-11(14)6-4-10/h3-6H,2,7-9H2,1H3,(H,15,19)(H,17,18). The van der Waals surface area contributed by atoms with Crippen LogP contribution in [0.1, 0.15) is 18.9 Å². The van der Waals surface area contributed by atoms with Gasteiger partial charge in [0, 0.05) is 18.1 Å². The van der Waals surface area contributed by atoms with Gasteiger partial charge in [0.25, 0.3) is 0 Å². The minimum atomic E-state index is -1.02. The molecule has 1 aromatic rings. The molecule has 2 amide bonds. The maximum atomic E-state index is 11.8. The first-order valence-corrected chi connectivity index (χ1v) is 6.39. The normalized spacial score (nSPS) is 10.0. The first kappa shape index (κ1) is 15.3. The Morgan fingerprint density at radius 2 is 1.95 bits per heavy atom. The molecule has 0 aliphatic carbocycles. The van der Waals surface area contributed by atoms with Crippen LogP contribution in [0.25, 0.3) is 0 Å². The topological polar surface area (TPSA) is 69.6 Å². The van der Waals surface area contributed by atoms with E-state index >= 15 is 0 Å². The average Bonchev–Trinajstić information content (AvgIpc) is 2.37. The quantitative estimate of drug-likeness (QED) is 0.842. The van der Waals surface area contributed by atoms with Crippen molar-refractivity contribution in [2.75, 3.05) is 13.1 Å². The minimum Gasteiger partial charge on any atom is -0.480 e. The number of carboxylic acid groups (broad SMARTS) is 1. The van der Waals surface area contributed by atoms with Crippen LogP contribution in [0.5, 0.6) is 0 Å². The van der Waals surface area contributed by atoms with E-state index in [0.29, 0.717) is 24.5 Å². The summed E-state index contributed by atoms with van der Waals surface area (Å²) in [5, 5.41) is 12.1. The van der Waals surface area contributed by atoms with Gasteiger partial charge in [0.1, 0.15) is 6.54 Å². The van der Waals surface area contributed by atoms with Crippen LogP contribution in [-0.4, -0.2) is 35.1 Å². The zero-order valence-electron chi connectivity index (χ0n) is 10.7. The third kappa shape index (κ3) is 5.61. The number of carboxylic acids is 1. The molecule has 0 atom stereocenters. The van der Waals surface area contributed by atoms with Gasteiger partial charge >= 0.3 is 12.0 Å². The average molecular weight is 285 g/mol. The molecular formula is C13H17ClN2O3. The Kier molecular flexibility index (Phi) is 6.15. The summed E-state index contributed by atoms with van der Waals surface area (Å²) in [4.78, 5) is 23.8. The van der Waals surface area contributed by atoms with Crippen molar-refractivity contribution in [1.82, 2.24) is 10.2 Å². The van der Waals surface area contributed by atoms with Crippen LogP contribution in [0.15, 0.2) is 24.3 Å². The number of aliphatic carboxylic acids is 1. The number of rotatable bonds is 6. The summed E-state index contributed by atoms with van der Waals surface area (Å²) in [6.45, 7) is 2.36. The Hall–Kier alpha value is -1.75. The predicted octanol–water partition coefficient (Wildman–Crippen LogP) is 2.35.